The molecule has 1 aromatic heterocycles. The summed E-state index contributed by atoms with van der Waals surface area (Å²) in [5, 5.41) is 21.7. The SMILES string of the molecule is Cc1cccc2sc(-c3ccc(N=Nc4ccc5ccccc5c4O)cc3)nc12. The number of phenols is 1. The van der Waals surface area contributed by atoms with Crippen LogP contribution in [0.2, 0.25) is 0 Å². The molecule has 0 unspecified atom stereocenters. The molecule has 0 bridgehead atoms. The predicted octanol–water partition coefficient (Wildman–Crippen LogP) is 7.55. The summed E-state index contributed by atoms with van der Waals surface area (Å²) in [7, 11) is 0. The summed E-state index contributed by atoms with van der Waals surface area (Å²) in [4.78, 5) is 4.78. The van der Waals surface area contributed by atoms with Gasteiger partial charge in [-0.3, -0.25) is 0 Å². The number of rotatable bonds is 3. The Bertz CT molecular complexity index is 1370. The van der Waals surface area contributed by atoms with E-state index in [4.69, 9.17) is 4.98 Å². The Morgan fingerprint density at radius 3 is 2.48 bits per heavy atom. The van der Waals surface area contributed by atoms with Crippen molar-refractivity contribution in [1.29, 1.82) is 0 Å². The number of azo groups is 1. The van der Waals surface area contributed by atoms with Crippen molar-refractivity contribution in [2.75, 3.05) is 0 Å². The van der Waals surface area contributed by atoms with Crippen LogP contribution < -0.4 is 0 Å². The van der Waals surface area contributed by atoms with Crippen LogP contribution in [0.4, 0.5) is 11.4 Å². The first-order chi connectivity index (χ1) is 14.2. The van der Waals surface area contributed by atoms with Crippen molar-refractivity contribution in [2.24, 2.45) is 10.2 Å². The molecule has 140 valence electrons. The number of aromatic hydroxyl groups is 1. The summed E-state index contributed by atoms with van der Waals surface area (Å²) in [6, 6.07) is 25.4. The smallest absolute Gasteiger partial charge is 0.150 e. The molecule has 29 heavy (non-hydrogen) atoms. The number of phenolic OH excluding ortho intramolecular Hbond substituents is 1. The fourth-order valence-electron chi connectivity index (χ4n) is 3.32. The molecular weight excluding hydrogens is 378 g/mol. The molecule has 0 fully saturated rings. The highest BCUT2D eigenvalue weighted by molar-refractivity contribution is 7.21. The van der Waals surface area contributed by atoms with Crippen LogP contribution in [0.5, 0.6) is 5.75 Å². The molecule has 0 atom stereocenters. The molecule has 5 rings (SSSR count). The van der Waals surface area contributed by atoms with E-state index in [2.05, 4.69) is 35.4 Å². The van der Waals surface area contributed by atoms with Gasteiger partial charge < -0.3 is 5.11 Å². The molecule has 0 aliphatic rings. The number of benzene rings is 4. The number of aryl methyl sites for hydroxylation is 1. The second-order valence-corrected chi connectivity index (χ2v) is 7.87. The lowest BCUT2D eigenvalue weighted by atomic mass is 10.1. The summed E-state index contributed by atoms with van der Waals surface area (Å²) in [5.41, 5.74) is 4.47. The Balaban J connectivity index is 1.43. The molecule has 0 aliphatic carbocycles. The van der Waals surface area contributed by atoms with E-state index in [1.165, 1.54) is 10.3 Å². The maximum atomic E-state index is 10.5. The van der Waals surface area contributed by atoms with Crippen molar-refractivity contribution in [2.45, 2.75) is 6.92 Å². The van der Waals surface area contributed by atoms with Gasteiger partial charge in [-0.05, 0) is 54.3 Å². The zero-order valence-electron chi connectivity index (χ0n) is 15.7. The maximum absolute atomic E-state index is 10.5. The van der Waals surface area contributed by atoms with Gasteiger partial charge in [0, 0.05) is 10.9 Å². The van der Waals surface area contributed by atoms with Gasteiger partial charge in [-0.2, -0.15) is 5.11 Å². The normalized spacial score (nSPS) is 11.6. The Hall–Kier alpha value is -3.57. The average Bonchev–Trinajstić information content (AvgIpc) is 3.20. The Labute approximate surface area is 171 Å². The van der Waals surface area contributed by atoms with Gasteiger partial charge in [0.1, 0.15) is 10.7 Å². The molecular formula is C24H17N3OS. The summed E-state index contributed by atoms with van der Waals surface area (Å²) in [6.07, 6.45) is 0. The minimum atomic E-state index is 0.147. The third kappa shape index (κ3) is 3.26. The second kappa shape index (κ2) is 7.11. The van der Waals surface area contributed by atoms with Crippen LogP contribution in [0, 0.1) is 6.92 Å². The molecule has 5 heteroatoms. The second-order valence-electron chi connectivity index (χ2n) is 6.84. The van der Waals surface area contributed by atoms with E-state index in [9.17, 15) is 5.11 Å². The Morgan fingerprint density at radius 1 is 0.828 bits per heavy atom. The fraction of sp³-hybridized carbons (Fsp3) is 0.0417. The Morgan fingerprint density at radius 2 is 1.66 bits per heavy atom. The van der Waals surface area contributed by atoms with Crippen LogP contribution >= 0.6 is 11.3 Å². The fourth-order valence-corrected chi connectivity index (χ4v) is 4.37. The zero-order valence-corrected chi connectivity index (χ0v) is 16.5. The van der Waals surface area contributed by atoms with Crippen LogP contribution in [0.25, 0.3) is 31.6 Å². The molecule has 0 radical (unpaired) electrons. The molecule has 4 aromatic carbocycles. The van der Waals surface area contributed by atoms with Gasteiger partial charge in [0.05, 0.1) is 15.9 Å². The number of aromatic nitrogens is 1. The van der Waals surface area contributed by atoms with Crippen LogP contribution in [0.15, 0.2) is 89.1 Å². The lowest BCUT2D eigenvalue weighted by Crippen LogP contribution is -1.77. The largest absolute Gasteiger partial charge is 0.505 e. The van der Waals surface area contributed by atoms with E-state index >= 15 is 0 Å². The van der Waals surface area contributed by atoms with Gasteiger partial charge in [-0.25, -0.2) is 4.98 Å². The van der Waals surface area contributed by atoms with Crippen LogP contribution in [-0.4, -0.2) is 10.1 Å². The quantitative estimate of drug-likeness (QED) is 0.321. The zero-order chi connectivity index (χ0) is 19.8. The molecule has 0 saturated carbocycles. The van der Waals surface area contributed by atoms with Crippen molar-refractivity contribution in [1.82, 2.24) is 4.98 Å². The first-order valence-corrected chi connectivity index (χ1v) is 10.1. The van der Waals surface area contributed by atoms with Crippen molar-refractivity contribution in [3.8, 4) is 16.3 Å². The average molecular weight is 395 g/mol. The first-order valence-electron chi connectivity index (χ1n) is 9.28. The summed E-state index contributed by atoms with van der Waals surface area (Å²) >= 11 is 1.69. The number of hydrogen-bond donors (Lipinski definition) is 1. The van der Waals surface area contributed by atoms with Crippen molar-refractivity contribution < 1.29 is 5.11 Å². The standard InChI is InChI=1S/C24H17N3OS/c1-15-5-4-8-21-22(15)25-24(29-21)17-9-12-18(13-10-17)26-27-20-14-11-16-6-2-3-7-19(16)23(20)28/h2-14,28H,1H3. The molecule has 0 aliphatic heterocycles. The van der Waals surface area contributed by atoms with E-state index in [1.807, 2.05) is 54.6 Å². The summed E-state index contributed by atoms with van der Waals surface area (Å²) in [6.45, 7) is 2.08. The van der Waals surface area contributed by atoms with Crippen molar-refractivity contribution in [3.63, 3.8) is 0 Å². The molecule has 0 saturated heterocycles. The summed E-state index contributed by atoms with van der Waals surface area (Å²) in [5.74, 6) is 0.147. The van der Waals surface area contributed by atoms with E-state index in [0.717, 1.165) is 32.5 Å². The lowest BCUT2D eigenvalue weighted by Gasteiger charge is -2.03. The van der Waals surface area contributed by atoms with Crippen LogP contribution in [0.3, 0.4) is 0 Å². The molecule has 4 nitrogen and oxygen atoms in total. The third-order valence-corrected chi connectivity index (χ3v) is 5.96. The van der Waals surface area contributed by atoms with Crippen molar-refractivity contribution in [3.05, 3.63) is 84.4 Å². The van der Waals surface area contributed by atoms with Gasteiger partial charge in [-0.1, -0.05) is 42.5 Å². The molecule has 0 amide bonds. The van der Waals surface area contributed by atoms with Crippen molar-refractivity contribution >= 4 is 43.7 Å². The van der Waals surface area contributed by atoms with E-state index < -0.39 is 0 Å². The van der Waals surface area contributed by atoms with Gasteiger partial charge in [-0.15, -0.1) is 16.5 Å². The first kappa shape index (κ1) is 17.5. The lowest BCUT2D eigenvalue weighted by molar-refractivity contribution is 0.482. The highest BCUT2D eigenvalue weighted by Crippen LogP contribution is 2.36. The Kier molecular flexibility index (Phi) is 4.30. The molecule has 1 heterocycles. The number of fused-ring (bicyclic) bond motifs is 2. The van der Waals surface area contributed by atoms with Gasteiger partial charge in [0.15, 0.2) is 5.75 Å². The predicted molar refractivity (Wildman–Crippen MR) is 120 cm³/mol. The van der Waals surface area contributed by atoms with Crippen LogP contribution in [0.1, 0.15) is 5.56 Å². The van der Waals surface area contributed by atoms with E-state index in [-0.39, 0.29) is 5.75 Å². The van der Waals surface area contributed by atoms with Gasteiger partial charge in [0.25, 0.3) is 0 Å². The molecule has 5 aromatic rings. The number of hydrogen-bond acceptors (Lipinski definition) is 5. The van der Waals surface area contributed by atoms with Gasteiger partial charge >= 0.3 is 0 Å². The number of thiazole rings is 1. The third-order valence-electron chi connectivity index (χ3n) is 4.89. The van der Waals surface area contributed by atoms with Crippen LogP contribution in [-0.2, 0) is 0 Å². The number of para-hydroxylation sites is 1. The van der Waals surface area contributed by atoms with Gasteiger partial charge in [0.2, 0.25) is 0 Å². The highest BCUT2D eigenvalue weighted by Gasteiger charge is 2.08. The highest BCUT2D eigenvalue weighted by atomic mass is 32.1. The minimum absolute atomic E-state index is 0.147. The molecule has 1 N–H and O–H groups in total. The van der Waals surface area contributed by atoms with E-state index in [0.29, 0.717) is 5.69 Å². The number of nitrogens with zero attached hydrogens (tertiary/aromatic N) is 3. The topological polar surface area (TPSA) is 57.8 Å². The monoisotopic (exact) mass is 395 g/mol. The summed E-state index contributed by atoms with van der Waals surface area (Å²) < 4.78 is 1.19. The minimum Gasteiger partial charge on any atom is -0.505 e. The molecule has 0 spiro atoms. The maximum Gasteiger partial charge on any atom is 0.150 e. The van der Waals surface area contributed by atoms with E-state index in [1.54, 1.807) is 17.4 Å².